The molecule has 0 heterocycles. The number of aryl methyl sites for hydroxylation is 6. The Kier molecular flexibility index (Phi) is 48.7. The molecule has 0 saturated heterocycles. The number of rotatable bonds is 28. The van der Waals surface area contributed by atoms with Crippen molar-refractivity contribution in [3.63, 3.8) is 0 Å². The fourth-order valence-corrected chi connectivity index (χ4v) is 7.38. The van der Waals surface area contributed by atoms with Gasteiger partial charge in [0.05, 0.1) is 22.4 Å². The van der Waals surface area contributed by atoms with E-state index in [4.69, 9.17) is 53.0 Å². The second kappa shape index (κ2) is 47.2. The van der Waals surface area contributed by atoms with Crippen molar-refractivity contribution in [2.45, 2.75) is 248 Å². The van der Waals surface area contributed by atoms with Gasteiger partial charge in [-0.3, -0.25) is 0 Å². The summed E-state index contributed by atoms with van der Waals surface area (Å²) in [6, 6.07) is 30.8. The fourth-order valence-electron chi connectivity index (χ4n) is 7.38. The predicted octanol–water partition coefficient (Wildman–Crippen LogP) is 20.7. The molecule has 0 saturated carbocycles. The number of unbranched alkanes of at least 4 members (excludes halogenated alkanes) is 12. The predicted molar refractivity (Wildman–Crippen MR) is 313 cm³/mol. The summed E-state index contributed by atoms with van der Waals surface area (Å²) in [5.74, 6) is 0. The van der Waals surface area contributed by atoms with Gasteiger partial charge in [0, 0.05) is 26.4 Å². The maximum atomic E-state index is 5.70. The van der Waals surface area contributed by atoms with Crippen LogP contribution in [-0.2, 0) is 86.3 Å². The summed E-state index contributed by atoms with van der Waals surface area (Å²) in [5, 5.41) is 0. The molecule has 0 fully saturated rings. The van der Waals surface area contributed by atoms with Crippen molar-refractivity contribution in [2.75, 3.05) is 26.4 Å². The number of hydrogen-bond acceptors (Lipinski definition) is 4. The van der Waals surface area contributed by atoms with E-state index < -0.39 is 41.7 Å². The molecule has 0 bridgehead atoms. The van der Waals surface area contributed by atoms with E-state index in [9.17, 15) is 0 Å². The Morgan fingerprint density at radius 1 is 0.361 bits per heavy atom. The summed E-state index contributed by atoms with van der Waals surface area (Å²) in [6.07, 6.45) is 25.3. The van der Waals surface area contributed by atoms with E-state index in [-0.39, 0.29) is 22.4 Å². The van der Waals surface area contributed by atoms with Gasteiger partial charge in [0.2, 0.25) is 0 Å². The van der Waals surface area contributed by atoms with E-state index in [0.29, 0.717) is 0 Å². The number of hydrogen-bond donors (Lipinski definition) is 0. The van der Waals surface area contributed by atoms with Crippen LogP contribution in [0.3, 0.4) is 0 Å². The molecule has 0 spiro atoms. The molecule has 4 aromatic rings. The van der Waals surface area contributed by atoms with Crippen LogP contribution in [0.4, 0.5) is 0 Å². The van der Waals surface area contributed by atoms with Crippen molar-refractivity contribution >= 4 is 34.1 Å². The first kappa shape index (κ1) is 74.2. The summed E-state index contributed by atoms with van der Waals surface area (Å²) < 4.78 is 22.8. The van der Waals surface area contributed by atoms with Crippen LogP contribution in [0.25, 0.3) is 0 Å². The van der Waals surface area contributed by atoms with Crippen LogP contribution in [0.5, 0.6) is 0 Å². The molecule has 10 heteroatoms. The SMILES string of the molecule is CC(C)(C)OCCCCCCc1cc[cH-]c1.CC(C)(C)OCCCCCCc1cc[cH-]c1.Cc1cc(CCCCCCOC(C)(C)C)c[cH-]1.Cc1cc(CCCCCCOC(C)(C)C)c[cH-]1.[Cl][Zr+2][Cl].[Cl][Zr+2][Cl]. The van der Waals surface area contributed by atoms with Crippen molar-refractivity contribution in [1.29, 1.82) is 0 Å². The van der Waals surface area contributed by atoms with Crippen molar-refractivity contribution in [3.05, 3.63) is 118 Å². The molecule has 4 nitrogen and oxygen atoms in total. The third-order valence-corrected chi connectivity index (χ3v) is 11.0. The van der Waals surface area contributed by atoms with Gasteiger partial charge in [-0.15, -0.1) is 0 Å². The third-order valence-electron chi connectivity index (χ3n) is 11.0. The molecule has 412 valence electrons. The van der Waals surface area contributed by atoms with Gasteiger partial charge in [0.25, 0.3) is 0 Å². The maximum absolute atomic E-state index is 5.70. The average Bonchev–Trinajstić information content (AvgIpc) is 4.13. The van der Waals surface area contributed by atoms with Gasteiger partial charge in [0.15, 0.2) is 0 Å². The molecule has 0 unspecified atom stereocenters. The van der Waals surface area contributed by atoms with Crippen LogP contribution in [0, 0.1) is 13.8 Å². The first-order valence-electron chi connectivity index (χ1n) is 27.3. The molecule has 0 aromatic heterocycles. The van der Waals surface area contributed by atoms with Crippen molar-refractivity contribution in [2.24, 2.45) is 0 Å². The first-order valence-corrected chi connectivity index (χ1v) is 39.9. The second-order valence-corrected chi connectivity index (χ2v) is 30.3. The molecule has 0 amide bonds. The molecule has 0 aliphatic heterocycles. The molecule has 0 atom stereocenters. The standard InChI is InChI=1S/2C16H27O.2C15H25O.4ClH.2Zr/c2*1-14-10-11-15(13-14)9-7-5-6-8-12-17-16(2,3)4;2*1-15(2,3)16-13-9-5-4-6-10-14-11-7-8-12-14;;;;;;/h2*10-11,13H,5-9,12H2,1-4H3;2*7-8,11-12H,4-6,9-10,13H2,1-3H3;4*1H;;/q4*-1;;;;;2*+4/p-4. The van der Waals surface area contributed by atoms with Crippen molar-refractivity contribution in [1.82, 2.24) is 0 Å². The second-order valence-electron chi connectivity index (χ2n) is 22.8. The van der Waals surface area contributed by atoms with Gasteiger partial charge < -0.3 is 18.9 Å². The first-order chi connectivity index (χ1) is 33.9. The summed E-state index contributed by atoms with van der Waals surface area (Å²) >= 11 is -1.65. The van der Waals surface area contributed by atoms with Gasteiger partial charge >= 0.3 is 75.7 Å². The van der Waals surface area contributed by atoms with Crippen LogP contribution in [0.1, 0.15) is 219 Å². The Balaban J connectivity index is 0. The summed E-state index contributed by atoms with van der Waals surface area (Å²) in [7, 11) is 19.7. The quantitative estimate of drug-likeness (QED) is 0.0419. The van der Waals surface area contributed by atoms with Gasteiger partial charge in [-0.25, -0.2) is 24.3 Å². The summed E-state index contributed by atoms with van der Waals surface area (Å²) in [4.78, 5) is 0. The van der Waals surface area contributed by atoms with E-state index in [1.54, 1.807) is 0 Å². The van der Waals surface area contributed by atoms with Gasteiger partial charge in [-0.1, -0.05) is 117 Å². The average molecular weight is 1240 g/mol. The molecule has 0 N–H and O–H groups in total. The Labute approximate surface area is 482 Å². The Hall–Kier alpha value is 0.166. The van der Waals surface area contributed by atoms with Crippen LogP contribution < -0.4 is 0 Å². The van der Waals surface area contributed by atoms with E-state index in [0.717, 1.165) is 26.4 Å². The minimum atomic E-state index is -0.826. The molecule has 4 aromatic carbocycles. The monoisotopic (exact) mass is 1230 g/mol. The molecule has 72 heavy (non-hydrogen) atoms. The fraction of sp³-hybridized carbons (Fsp3) is 0.677. The molecule has 0 aliphatic rings. The van der Waals surface area contributed by atoms with E-state index >= 15 is 0 Å². The molecule has 0 radical (unpaired) electrons. The summed E-state index contributed by atoms with van der Waals surface area (Å²) in [6.45, 7) is 33.3. The zero-order chi connectivity index (χ0) is 54.6. The Morgan fingerprint density at radius 2 is 0.597 bits per heavy atom. The molecular weight excluding hydrogens is 1130 g/mol. The number of halogens is 4. The minimum absolute atomic E-state index is 0.0207. The Bertz CT molecular complexity index is 1550. The zero-order valence-electron chi connectivity index (χ0n) is 48.2. The number of ether oxygens (including phenoxy) is 4. The third kappa shape index (κ3) is 57.9. The van der Waals surface area contributed by atoms with Crippen LogP contribution in [-0.4, -0.2) is 48.8 Å². The topological polar surface area (TPSA) is 36.9 Å². The van der Waals surface area contributed by atoms with Gasteiger partial charge in [-0.05, 0) is 109 Å². The van der Waals surface area contributed by atoms with Crippen LogP contribution in [0.15, 0.2) is 84.9 Å². The van der Waals surface area contributed by atoms with Gasteiger partial charge in [-0.2, -0.15) is 94.0 Å². The van der Waals surface area contributed by atoms with Crippen LogP contribution in [0.2, 0.25) is 0 Å². The molecular formula is C62H104Cl4O4Zr2. The van der Waals surface area contributed by atoms with E-state index in [1.165, 1.54) is 162 Å². The zero-order valence-corrected chi connectivity index (χ0v) is 56.1. The summed E-state index contributed by atoms with van der Waals surface area (Å²) in [5.41, 5.74) is 8.81. The molecule has 0 aliphatic carbocycles. The van der Waals surface area contributed by atoms with Crippen LogP contribution >= 0.6 is 34.1 Å². The van der Waals surface area contributed by atoms with Gasteiger partial charge in [0.1, 0.15) is 0 Å². The van der Waals surface area contributed by atoms with Crippen molar-refractivity contribution < 1.29 is 60.6 Å². The normalized spacial score (nSPS) is 11.2. The van der Waals surface area contributed by atoms with E-state index in [1.807, 2.05) is 0 Å². The van der Waals surface area contributed by atoms with Crippen molar-refractivity contribution in [3.8, 4) is 0 Å². The Morgan fingerprint density at radius 3 is 0.792 bits per heavy atom. The molecule has 4 rings (SSSR count). The van der Waals surface area contributed by atoms with E-state index in [2.05, 4.69) is 182 Å².